The number of rotatable bonds is 27. The Morgan fingerprint density at radius 3 is 2.27 bits per heavy atom. The van der Waals surface area contributed by atoms with Crippen LogP contribution < -0.4 is 22.1 Å². The summed E-state index contributed by atoms with van der Waals surface area (Å²) in [6.07, 6.45) is 3.77. The van der Waals surface area contributed by atoms with Gasteiger partial charge in [0.2, 0.25) is 5.91 Å². The van der Waals surface area contributed by atoms with Crippen LogP contribution in [0.25, 0.3) is 0 Å². The maximum atomic E-state index is 14.7. The van der Waals surface area contributed by atoms with E-state index < -0.39 is 53.9 Å². The van der Waals surface area contributed by atoms with E-state index in [1.54, 1.807) is 12.3 Å². The first kappa shape index (κ1) is 55.6. The van der Waals surface area contributed by atoms with Crippen LogP contribution in [-0.4, -0.2) is 114 Å². The maximum Gasteiger partial charge on any atom is 0.312 e. The van der Waals surface area contributed by atoms with Gasteiger partial charge in [-0.15, -0.1) is 11.3 Å². The number of carbonyl (C=O) groups excluding carboxylic acids is 7. The van der Waals surface area contributed by atoms with Crippen LogP contribution in [0.15, 0.2) is 29.6 Å². The van der Waals surface area contributed by atoms with Gasteiger partial charge in [0.25, 0.3) is 5.91 Å². The molecule has 9 atom stereocenters. The molecule has 1 fully saturated rings. The molecule has 0 bridgehead atoms. The number of thiazole rings is 1. The third kappa shape index (κ3) is 17.2. The van der Waals surface area contributed by atoms with Crippen molar-refractivity contribution < 1.29 is 43.0 Å². The molecule has 1 aliphatic heterocycles. The zero-order chi connectivity index (χ0) is 49.2. The molecule has 16 nitrogen and oxygen atoms in total. The van der Waals surface area contributed by atoms with Crippen molar-refractivity contribution in [2.75, 3.05) is 33.8 Å². The minimum Gasteiger partial charge on any atom is -0.469 e. The number of hydrogen-bond donors (Lipinski definition) is 4. The number of nitrogens with one attached hydrogen (secondary N) is 2. The third-order valence-corrected chi connectivity index (χ3v) is 14.0. The van der Waals surface area contributed by atoms with Crippen LogP contribution in [0.4, 0.5) is 4.79 Å². The lowest BCUT2D eigenvalue weighted by molar-refractivity contribution is -0.150. The number of benzene rings is 1. The number of carbonyl (C=O) groups is 7. The number of likely N-dealkylation sites (N-methyl/N-ethyl adjacent to an activating group) is 1. The summed E-state index contributed by atoms with van der Waals surface area (Å²) in [6, 6.07) is 4.97. The average Bonchev–Trinajstić information content (AvgIpc) is 3.77. The predicted molar refractivity (Wildman–Crippen MR) is 255 cm³/mol. The van der Waals surface area contributed by atoms with Crippen LogP contribution in [-0.2, 0) is 46.3 Å². The molecule has 0 spiro atoms. The Bertz CT molecular complexity index is 1920. The smallest absolute Gasteiger partial charge is 0.312 e. The van der Waals surface area contributed by atoms with Crippen molar-refractivity contribution >= 4 is 52.7 Å². The second-order valence-electron chi connectivity index (χ2n) is 18.7. The number of Topliss-reactive ketones (excluding diaryl/α,β-unsaturated/α-hetero) is 2. The number of hydrogen-bond acceptors (Lipinski definition) is 13. The van der Waals surface area contributed by atoms with E-state index in [4.69, 9.17) is 20.9 Å². The molecule has 17 heteroatoms. The minimum atomic E-state index is -0.863. The standard InChI is InChI=1S/C49H77N7O9S/c1-11-31(6)37(26-43(59)41-22-30(5)19-21-55(41)9)47(61)56(12-2)40(29(3)4)27-44(65-33(8)57)46-54-39(28-66-46)45(60)53-36(23-32(7)48(62)64-10)24-34-15-17-35(18-16-34)25-42(58)38(50)14-13-20-52-49(51)63/h15-18,28-32,36-38,40-41,44H,11-14,19-27,50H2,1-10H3,(H,53,60)(H3,51,52,63)/t30-,31+,32+,36-,37+,38+,40-,41-,44-/m1/s1. The van der Waals surface area contributed by atoms with E-state index in [2.05, 4.69) is 27.4 Å². The molecule has 2 aromatic rings. The topological polar surface area (TPSA) is 233 Å². The van der Waals surface area contributed by atoms with Crippen LogP contribution in [0.3, 0.4) is 0 Å². The molecular weight excluding hydrogens is 863 g/mol. The van der Waals surface area contributed by atoms with E-state index in [0.29, 0.717) is 43.3 Å². The molecule has 0 saturated carbocycles. The van der Waals surface area contributed by atoms with Gasteiger partial charge in [-0.2, -0.15) is 0 Å². The highest BCUT2D eigenvalue weighted by Gasteiger charge is 2.39. The SMILES string of the molecule is CC[C@H](C)[C@H](CC(=O)[C@H]1C[C@H](C)CCN1C)C(=O)N(CC)[C@H](C[C@@H](OC(C)=O)c1nc(C(=O)N[C@@H](Cc2ccc(CC(=O)[C@@H](N)CCCNC(N)=O)cc2)C[C@H](C)C(=O)OC)cs1)C(C)C. The second-order valence-corrected chi connectivity index (χ2v) is 19.6. The molecule has 1 aliphatic rings. The van der Waals surface area contributed by atoms with Gasteiger partial charge in [0, 0.05) is 62.7 Å². The molecule has 4 amide bonds. The van der Waals surface area contributed by atoms with E-state index in [9.17, 15) is 33.6 Å². The van der Waals surface area contributed by atoms with E-state index in [0.717, 1.165) is 36.9 Å². The minimum absolute atomic E-state index is 0.0331. The van der Waals surface area contributed by atoms with Gasteiger partial charge in [-0.25, -0.2) is 9.78 Å². The molecule has 1 saturated heterocycles. The van der Waals surface area contributed by atoms with Crippen LogP contribution in [0.2, 0.25) is 0 Å². The van der Waals surface area contributed by atoms with Gasteiger partial charge < -0.3 is 36.5 Å². The summed E-state index contributed by atoms with van der Waals surface area (Å²) in [6.45, 7) is 16.8. The summed E-state index contributed by atoms with van der Waals surface area (Å²) in [4.78, 5) is 99.9. The number of amides is 4. The van der Waals surface area contributed by atoms with Crippen LogP contribution in [0.1, 0.15) is 139 Å². The van der Waals surface area contributed by atoms with Crippen molar-refractivity contribution in [1.82, 2.24) is 25.4 Å². The lowest BCUT2D eigenvalue weighted by atomic mass is 9.81. The number of methoxy groups -OCH3 is 1. The molecule has 3 rings (SSSR count). The normalized spacial score (nSPS) is 18.5. The van der Waals surface area contributed by atoms with Gasteiger partial charge in [-0.1, -0.05) is 72.2 Å². The highest BCUT2D eigenvalue weighted by Crippen LogP contribution is 2.34. The first-order chi connectivity index (χ1) is 31.2. The number of urea groups is 1. The van der Waals surface area contributed by atoms with Gasteiger partial charge in [-0.3, -0.25) is 33.7 Å². The number of likely N-dealkylation sites (tertiary alicyclic amines) is 1. The fraction of sp³-hybridized carbons (Fsp3) is 0.673. The Hall–Kier alpha value is -4.74. The summed E-state index contributed by atoms with van der Waals surface area (Å²) in [5.41, 5.74) is 12.9. The van der Waals surface area contributed by atoms with E-state index >= 15 is 0 Å². The molecule has 2 heterocycles. The van der Waals surface area contributed by atoms with Gasteiger partial charge in [0.05, 0.1) is 25.1 Å². The molecule has 0 unspecified atom stereocenters. The van der Waals surface area contributed by atoms with Crippen molar-refractivity contribution in [3.8, 4) is 0 Å². The largest absolute Gasteiger partial charge is 0.469 e. The number of esters is 2. The molecule has 1 aromatic heterocycles. The first-order valence-corrected chi connectivity index (χ1v) is 24.5. The monoisotopic (exact) mass is 940 g/mol. The first-order valence-electron chi connectivity index (χ1n) is 23.6. The van der Waals surface area contributed by atoms with Crippen molar-refractivity contribution in [2.45, 2.75) is 150 Å². The number of ether oxygens (including phenoxy) is 2. The maximum absolute atomic E-state index is 14.7. The molecule has 0 aliphatic carbocycles. The lowest BCUT2D eigenvalue weighted by Gasteiger charge is -2.39. The Balaban J connectivity index is 1.81. The van der Waals surface area contributed by atoms with E-state index in [1.165, 1.54) is 25.4 Å². The molecule has 6 N–H and O–H groups in total. The highest BCUT2D eigenvalue weighted by molar-refractivity contribution is 7.09. The lowest BCUT2D eigenvalue weighted by Crippen LogP contribution is -2.50. The van der Waals surface area contributed by atoms with Crippen molar-refractivity contribution in [2.24, 2.45) is 41.1 Å². The van der Waals surface area contributed by atoms with Crippen LogP contribution in [0, 0.1) is 29.6 Å². The Kier molecular flexibility index (Phi) is 22.9. The Morgan fingerprint density at radius 1 is 1.02 bits per heavy atom. The molecule has 368 valence electrons. The predicted octanol–water partition coefficient (Wildman–Crippen LogP) is 5.79. The molecule has 1 aromatic carbocycles. The van der Waals surface area contributed by atoms with Gasteiger partial charge in [0.15, 0.2) is 17.7 Å². The van der Waals surface area contributed by atoms with Crippen molar-refractivity contribution in [1.29, 1.82) is 0 Å². The van der Waals surface area contributed by atoms with Crippen molar-refractivity contribution in [3.05, 3.63) is 51.5 Å². The van der Waals surface area contributed by atoms with Gasteiger partial charge in [-0.05, 0) is 87.9 Å². The van der Waals surface area contributed by atoms with Gasteiger partial charge >= 0.3 is 18.0 Å². The zero-order valence-electron chi connectivity index (χ0n) is 40.9. The van der Waals surface area contributed by atoms with E-state index in [1.807, 2.05) is 70.8 Å². The summed E-state index contributed by atoms with van der Waals surface area (Å²) in [7, 11) is 3.30. The van der Waals surface area contributed by atoms with E-state index in [-0.39, 0.29) is 72.8 Å². The zero-order valence-corrected chi connectivity index (χ0v) is 41.7. The summed E-state index contributed by atoms with van der Waals surface area (Å²) in [5, 5.41) is 7.54. The number of nitrogens with zero attached hydrogens (tertiary/aromatic N) is 3. The summed E-state index contributed by atoms with van der Waals surface area (Å²) >= 11 is 1.18. The summed E-state index contributed by atoms with van der Waals surface area (Å²) in [5.74, 6) is -2.24. The molecular formula is C49H77N7O9S. The van der Waals surface area contributed by atoms with Crippen LogP contribution in [0.5, 0.6) is 0 Å². The number of primary amides is 1. The number of piperidine rings is 1. The number of nitrogens with two attached hydrogens (primary N) is 2. The third-order valence-electron chi connectivity index (χ3n) is 13.0. The quantitative estimate of drug-likeness (QED) is 0.0616. The molecule has 66 heavy (non-hydrogen) atoms. The average molecular weight is 940 g/mol. The second kappa shape index (κ2) is 27.2. The number of ketones is 2. The summed E-state index contributed by atoms with van der Waals surface area (Å²) < 4.78 is 10.9. The van der Waals surface area contributed by atoms with Crippen molar-refractivity contribution in [3.63, 3.8) is 0 Å². The van der Waals surface area contributed by atoms with Gasteiger partial charge in [0.1, 0.15) is 10.7 Å². The number of aromatic nitrogens is 1. The Morgan fingerprint density at radius 2 is 1.68 bits per heavy atom. The fourth-order valence-corrected chi connectivity index (χ4v) is 9.61. The Labute approximate surface area is 396 Å². The van der Waals surface area contributed by atoms with Crippen LogP contribution >= 0.6 is 11.3 Å². The molecule has 0 radical (unpaired) electrons. The fourth-order valence-electron chi connectivity index (χ4n) is 8.77. The highest BCUT2D eigenvalue weighted by atomic mass is 32.1.